The summed E-state index contributed by atoms with van der Waals surface area (Å²) in [7, 11) is 0. The predicted molar refractivity (Wildman–Crippen MR) is 98.8 cm³/mol. The molecule has 0 amide bonds. The van der Waals surface area contributed by atoms with Crippen LogP contribution in [0.1, 0.15) is 11.1 Å². The molecule has 25 heavy (non-hydrogen) atoms. The van der Waals surface area contributed by atoms with Crippen LogP contribution in [0, 0.1) is 6.92 Å². The van der Waals surface area contributed by atoms with Gasteiger partial charge >= 0.3 is 5.56 Å². The average Bonchev–Trinajstić information content (AvgIpc) is 2.92. The molecule has 0 radical (unpaired) electrons. The molecule has 6 heteroatoms. The first kappa shape index (κ1) is 15.4. The summed E-state index contributed by atoms with van der Waals surface area (Å²) < 4.78 is 1.70. The lowest BCUT2D eigenvalue weighted by Gasteiger charge is -1.98. The molecule has 4 aromatic rings. The quantitative estimate of drug-likeness (QED) is 0.557. The molecule has 0 aliphatic heterocycles. The van der Waals surface area contributed by atoms with Crippen LogP contribution in [0.2, 0.25) is 0 Å². The topological polar surface area (TPSA) is 64.3 Å². The smallest absolute Gasteiger partial charge is 0.266 e. The Labute approximate surface area is 146 Å². The third kappa shape index (κ3) is 2.88. The number of aromatic nitrogens is 3. The highest BCUT2D eigenvalue weighted by molar-refractivity contribution is 7.15. The van der Waals surface area contributed by atoms with E-state index < -0.39 is 5.56 Å². The van der Waals surface area contributed by atoms with Crippen molar-refractivity contribution in [3.63, 3.8) is 0 Å². The van der Waals surface area contributed by atoms with Gasteiger partial charge in [0.15, 0.2) is 5.69 Å². The van der Waals surface area contributed by atoms with Gasteiger partial charge in [-0.15, -0.1) is 0 Å². The fraction of sp³-hybridized carbons (Fsp3) is 0.0526. The van der Waals surface area contributed by atoms with Gasteiger partial charge in [-0.25, -0.2) is 0 Å². The Morgan fingerprint density at radius 2 is 1.72 bits per heavy atom. The minimum atomic E-state index is -0.436. The van der Waals surface area contributed by atoms with Gasteiger partial charge in [-0.1, -0.05) is 71.5 Å². The Bertz CT molecular complexity index is 1230. The number of rotatable bonds is 2. The Hall–Kier alpha value is -3.12. The van der Waals surface area contributed by atoms with Crippen LogP contribution in [-0.4, -0.2) is 14.6 Å². The van der Waals surface area contributed by atoms with E-state index in [1.54, 1.807) is 18.2 Å². The Kier molecular flexibility index (Phi) is 3.74. The first-order valence-electron chi connectivity index (χ1n) is 7.69. The second-order valence-electron chi connectivity index (χ2n) is 5.65. The molecular weight excluding hydrogens is 334 g/mol. The van der Waals surface area contributed by atoms with Crippen molar-refractivity contribution in [1.82, 2.24) is 14.6 Å². The highest BCUT2D eigenvalue weighted by Crippen LogP contribution is 2.11. The number of hydrogen-bond acceptors (Lipinski definition) is 5. The largest absolute Gasteiger partial charge is 0.300 e. The van der Waals surface area contributed by atoms with Gasteiger partial charge in [-0.05, 0) is 18.6 Å². The third-order valence-electron chi connectivity index (χ3n) is 3.81. The molecule has 0 saturated heterocycles. The van der Waals surface area contributed by atoms with Crippen molar-refractivity contribution < 1.29 is 0 Å². The Balaban J connectivity index is 1.93. The van der Waals surface area contributed by atoms with Crippen LogP contribution in [0.25, 0.3) is 22.3 Å². The summed E-state index contributed by atoms with van der Waals surface area (Å²) in [6, 6.07) is 16.9. The molecule has 0 aliphatic carbocycles. The fourth-order valence-corrected chi connectivity index (χ4v) is 3.40. The van der Waals surface area contributed by atoms with Gasteiger partial charge in [0, 0.05) is 5.56 Å². The van der Waals surface area contributed by atoms with E-state index in [2.05, 4.69) is 10.1 Å². The monoisotopic (exact) mass is 347 g/mol. The molecule has 0 unspecified atom stereocenters. The van der Waals surface area contributed by atoms with Gasteiger partial charge in [-0.3, -0.25) is 9.59 Å². The van der Waals surface area contributed by atoms with Crippen LogP contribution in [0.4, 0.5) is 0 Å². The molecule has 0 bridgehead atoms. The number of hydrogen-bond donors (Lipinski definition) is 0. The van der Waals surface area contributed by atoms with Crippen molar-refractivity contribution in [2.75, 3.05) is 0 Å². The summed E-state index contributed by atoms with van der Waals surface area (Å²) in [5, 5.41) is 4.24. The molecule has 0 fully saturated rings. The Morgan fingerprint density at radius 1 is 1.00 bits per heavy atom. The molecular formula is C19H13N3O2S. The average molecular weight is 347 g/mol. The van der Waals surface area contributed by atoms with Gasteiger partial charge in [-0.2, -0.15) is 14.6 Å². The van der Waals surface area contributed by atoms with E-state index in [1.165, 1.54) is 4.52 Å². The number of fused-ring (bicyclic) bond motifs is 1. The van der Waals surface area contributed by atoms with Crippen molar-refractivity contribution in [3.8, 4) is 11.3 Å². The molecule has 0 N–H and O–H groups in total. The molecule has 122 valence electrons. The molecule has 0 saturated carbocycles. The van der Waals surface area contributed by atoms with Crippen molar-refractivity contribution >= 4 is 22.4 Å². The third-order valence-corrected chi connectivity index (χ3v) is 4.77. The van der Waals surface area contributed by atoms with Gasteiger partial charge in [0.05, 0.1) is 4.53 Å². The minimum absolute atomic E-state index is 0.176. The van der Waals surface area contributed by atoms with Gasteiger partial charge in [0.2, 0.25) is 4.96 Å². The van der Waals surface area contributed by atoms with E-state index in [4.69, 9.17) is 0 Å². The van der Waals surface area contributed by atoms with Gasteiger partial charge < -0.3 is 0 Å². The minimum Gasteiger partial charge on any atom is -0.266 e. The molecule has 0 spiro atoms. The standard InChI is InChI=1S/C19H13N3O2S/c1-12-7-9-13(10-8-12)11-15-18(24)22-19(25-15)20-17(23)16(21-22)14-5-3-2-4-6-14/h2-11H,1H3. The number of thiazole rings is 1. The van der Waals surface area contributed by atoms with Gasteiger partial charge in [0.25, 0.3) is 5.56 Å². The number of benzene rings is 2. The SMILES string of the molecule is Cc1ccc(C=c2sc3nc(=O)c(-c4ccccc4)nn3c2=O)cc1. The van der Waals surface area contributed by atoms with Crippen LogP contribution in [0.15, 0.2) is 64.2 Å². The van der Waals surface area contributed by atoms with Gasteiger partial charge in [0.1, 0.15) is 0 Å². The second-order valence-corrected chi connectivity index (χ2v) is 6.66. The predicted octanol–water partition coefficient (Wildman–Crippen LogP) is 2.03. The maximum Gasteiger partial charge on any atom is 0.300 e. The molecule has 4 rings (SSSR count). The molecule has 2 aromatic carbocycles. The number of aryl methyl sites for hydroxylation is 1. The van der Waals surface area contributed by atoms with Crippen LogP contribution in [0.3, 0.4) is 0 Å². The lowest BCUT2D eigenvalue weighted by molar-refractivity contribution is 0.873. The van der Waals surface area contributed by atoms with Crippen molar-refractivity contribution in [2.24, 2.45) is 0 Å². The summed E-state index contributed by atoms with van der Waals surface area (Å²) >= 11 is 1.16. The molecule has 0 aliphatic rings. The summed E-state index contributed by atoms with van der Waals surface area (Å²) in [5.74, 6) is 0. The normalized spacial score (nSPS) is 12.0. The zero-order valence-electron chi connectivity index (χ0n) is 13.3. The van der Waals surface area contributed by atoms with Crippen molar-refractivity contribution in [3.05, 3.63) is 91.0 Å². The first-order chi connectivity index (χ1) is 12.1. The second kappa shape index (κ2) is 6.07. The van der Waals surface area contributed by atoms with E-state index in [1.807, 2.05) is 49.4 Å². The highest BCUT2D eigenvalue weighted by atomic mass is 32.1. The van der Waals surface area contributed by atoms with Crippen molar-refractivity contribution in [1.29, 1.82) is 0 Å². The van der Waals surface area contributed by atoms with Crippen LogP contribution < -0.4 is 15.7 Å². The Morgan fingerprint density at radius 3 is 2.44 bits per heavy atom. The fourth-order valence-electron chi connectivity index (χ4n) is 2.50. The van der Waals surface area contributed by atoms with E-state index in [9.17, 15) is 9.59 Å². The van der Waals surface area contributed by atoms with E-state index in [0.717, 1.165) is 22.5 Å². The lowest BCUT2D eigenvalue weighted by Crippen LogP contribution is -2.26. The summed E-state index contributed by atoms with van der Waals surface area (Å²) in [6.45, 7) is 2.01. The molecule has 2 heterocycles. The number of nitrogens with zero attached hydrogens (tertiary/aromatic N) is 3. The molecule has 5 nitrogen and oxygen atoms in total. The summed E-state index contributed by atoms with van der Waals surface area (Å²) in [6.07, 6.45) is 1.79. The van der Waals surface area contributed by atoms with Crippen molar-refractivity contribution in [2.45, 2.75) is 6.92 Å². The first-order valence-corrected chi connectivity index (χ1v) is 8.51. The van der Waals surface area contributed by atoms with Crippen LogP contribution in [0.5, 0.6) is 0 Å². The maximum absolute atomic E-state index is 12.6. The summed E-state index contributed by atoms with van der Waals surface area (Å²) in [4.78, 5) is 29.2. The summed E-state index contributed by atoms with van der Waals surface area (Å²) in [5.41, 5.74) is 2.18. The lowest BCUT2D eigenvalue weighted by atomic mass is 10.1. The zero-order valence-corrected chi connectivity index (χ0v) is 14.2. The molecule has 0 atom stereocenters. The van der Waals surface area contributed by atoms with Crippen LogP contribution >= 0.6 is 11.3 Å². The van der Waals surface area contributed by atoms with E-state index >= 15 is 0 Å². The molecule has 2 aromatic heterocycles. The highest BCUT2D eigenvalue weighted by Gasteiger charge is 2.12. The zero-order chi connectivity index (χ0) is 17.4. The van der Waals surface area contributed by atoms with E-state index in [0.29, 0.717) is 15.1 Å². The maximum atomic E-state index is 12.6. The van der Waals surface area contributed by atoms with Crippen LogP contribution in [-0.2, 0) is 0 Å². The van der Waals surface area contributed by atoms with E-state index in [-0.39, 0.29) is 11.3 Å².